The van der Waals surface area contributed by atoms with Crippen molar-refractivity contribution >= 4 is 35.2 Å². The standard InChI is InChI=1S/C20H20Cl2N2O3/c1-12-13-6-3-4-7-14(13)18(27-20(26)23-2)11-24(12)19(25)10-15-16(21)8-5-9-17(15)22/h3-9,12,18H,10-11H2,1-2H3,(H,23,26). The van der Waals surface area contributed by atoms with E-state index >= 15 is 0 Å². The molecule has 0 aliphatic carbocycles. The summed E-state index contributed by atoms with van der Waals surface area (Å²) in [5, 5.41) is 3.37. The summed E-state index contributed by atoms with van der Waals surface area (Å²) in [6, 6.07) is 12.7. The maximum absolute atomic E-state index is 13.0. The molecular weight excluding hydrogens is 387 g/mol. The quantitative estimate of drug-likeness (QED) is 0.813. The fourth-order valence-corrected chi connectivity index (χ4v) is 3.88. The predicted molar refractivity (Wildman–Crippen MR) is 105 cm³/mol. The SMILES string of the molecule is CNC(=O)OC1CN(C(=O)Cc2c(Cl)cccc2Cl)C(C)c2ccccc21. The highest BCUT2D eigenvalue weighted by Gasteiger charge is 2.35. The lowest BCUT2D eigenvalue weighted by atomic mass is 9.91. The minimum Gasteiger partial charge on any atom is -0.439 e. The number of nitrogens with one attached hydrogen (secondary N) is 1. The number of halogens is 2. The van der Waals surface area contributed by atoms with Crippen molar-refractivity contribution in [3.8, 4) is 0 Å². The van der Waals surface area contributed by atoms with E-state index in [0.29, 0.717) is 15.6 Å². The third kappa shape index (κ3) is 4.04. The van der Waals surface area contributed by atoms with Gasteiger partial charge in [0.05, 0.1) is 19.0 Å². The molecule has 1 N–H and O–H groups in total. The molecule has 3 rings (SSSR count). The monoisotopic (exact) mass is 406 g/mol. The Morgan fingerprint density at radius 2 is 1.74 bits per heavy atom. The second kappa shape index (κ2) is 8.19. The van der Waals surface area contributed by atoms with Crippen LogP contribution in [0.25, 0.3) is 0 Å². The Bertz CT molecular complexity index is 852. The molecule has 0 aromatic heterocycles. The van der Waals surface area contributed by atoms with E-state index in [1.54, 1.807) is 23.1 Å². The maximum atomic E-state index is 13.0. The van der Waals surface area contributed by atoms with Crippen LogP contribution in [-0.4, -0.2) is 30.5 Å². The van der Waals surface area contributed by atoms with Gasteiger partial charge in [-0.15, -0.1) is 0 Å². The number of alkyl carbamates (subject to hydrolysis) is 1. The normalized spacial score (nSPS) is 18.6. The molecule has 2 aromatic carbocycles. The summed E-state index contributed by atoms with van der Waals surface area (Å²) >= 11 is 12.4. The van der Waals surface area contributed by atoms with Crippen LogP contribution in [0, 0.1) is 0 Å². The van der Waals surface area contributed by atoms with E-state index in [0.717, 1.165) is 11.1 Å². The average molecular weight is 407 g/mol. The number of benzene rings is 2. The number of ether oxygens (including phenoxy) is 1. The smallest absolute Gasteiger partial charge is 0.407 e. The summed E-state index contributed by atoms with van der Waals surface area (Å²) in [6.07, 6.45) is -0.994. The largest absolute Gasteiger partial charge is 0.439 e. The van der Waals surface area contributed by atoms with Crippen LogP contribution >= 0.6 is 23.2 Å². The molecule has 0 saturated heterocycles. The number of hydrogen-bond acceptors (Lipinski definition) is 3. The van der Waals surface area contributed by atoms with Crippen LogP contribution in [0.2, 0.25) is 10.0 Å². The van der Waals surface area contributed by atoms with Crippen LogP contribution in [0.4, 0.5) is 4.79 Å². The molecule has 27 heavy (non-hydrogen) atoms. The van der Waals surface area contributed by atoms with Crippen molar-refractivity contribution in [2.75, 3.05) is 13.6 Å². The van der Waals surface area contributed by atoms with Gasteiger partial charge in [0, 0.05) is 17.1 Å². The lowest BCUT2D eigenvalue weighted by Crippen LogP contribution is -2.43. The number of rotatable bonds is 3. The average Bonchev–Trinajstić information content (AvgIpc) is 2.66. The zero-order valence-electron chi connectivity index (χ0n) is 15.0. The molecule has 1 heterocycles. The van der Waals surface area contributed by atoms with Gasteiger partial charge in [-0.3, -0.25) is 4.79 Å². The van der Waals surface area contributed by atoms with Crippen LogP contribution in [0.1, 0.15) is 35.8 Å². The first-order valence-corrected chi connectivity index (χ1v) is 9.37. The van der Waals surface area contributed by atoms with Crippen molar-refractivity contribution in [1.82, 2.24) is 10.2 Å². The molecule has 0 bridgehead atoms. The number of amides is 2. The molecule has 0 saturated carbocycles. The lowest BCUT2D eigenvalue weighted by Gasteiger charge is -2.39. The van der Waals surface area contributed by atoms with Crippen molar-refractivity contribution in [3.05, 3.63) is 69.2 Å². The molecule has 1 aliphatic rings. The van der Waals surface area contributed by atoms with Crippen LogP contribution in [0.15, 0.2) is 42.5 Å². The van der Waals surface area contributed by atoms with Gasteiger partial charge in [-0.2, -0.15) is 0 Å². The summed E-state index contributed by atoms with van der Waals surface area (Å²) in [6.45, 7) is 2.23. The van der Waals surface area contributed by atoms with Crippen LogP contribution in [0.3, 0.4) is 0 Å². The number of carbonyl (C=O) groups excluding carboxylic acids is 2. The predicted octanol–water partition coefficient (Wildman–Crippen LogP) is 4.54. The van der Waals surface area contributed by atoms with Gasteiger partial charge >= 0.3 is 6.09 Å². The van der Waals surface area contributed by atoms with E-state index in [-0.39, 0.29) is 24.9 Å². The minimum absolute atomic E-state index is 0.0811. The molecule has 2 aromatic rings. The molecule has 0 radical (unpaired) electrons. The first-order chi connectivity index (χ1) is 12.9. The van der Waals surface area contributed by atoms with Gasteiger partial charge in [-0.05, 0) is 35.7 Å². The van der Waals surface area contributed by atoms with Crippen molar-refractivity contribution in [1.29, 1.82) is 0 Å². The van der Waals surface area contributed by atoms with E-state index in [9.17, 15) is 9.59 Å². The molecule has 0 spiro atoms. The van der Waals surface area contributed by atoms with Gasteiger partial charge < -0.3 is 15.0 Å². The maximum Gasteiger partial charge on any atom is 0.407 e. The van der Waals surface area contributed by atoms with Crippen LogP contribution in [-0.2, 0) is 16.0 Å². The number of hydrogen-bond donors (Lipinski definition) is 1. The van der Waals surface area contributed by atoms with E-state index in [1.807, 2.05) is 31.2 Å². The second-order valence-electron chi connectivity index (χ2n) is 6.37. The molecular formula is C20H20Cl2N2O3. The van der Waals surface area contributed by atoms with Gasteiger partial charge in [0.15, 0.2) is 0 Å². The van der Waals surface area contributed by atoms with E-state index in [1.165, 1.54) is 7.05 Å². The van der Waals surface area contributed by atoms with Crippen molar-refractivity contribution in [3.63, 3.8) is 0 Å². The van der Waals surface area contributed by atoms with Gasteiger partial charge in [0.25, 0.3) is 0 Å². The molecule has 142 valence electrons. The van der Waals surface area contributed by atoms with Gasteiger partial charge in [-0.1, -0.05) is 53.5 Å². The summed E-state index contributed by atoms with van der Waals surface area (Å²) in [7, 11) is 1.50. The van der Waals surface area contributed by atoms with Gasteiger partial charge in [0.1, 0.15) is 6.10 Å². The minimum atomic E-state index is -0.539. The number of nitrogens with zero attached hydrogens (tertiary/aromatic N) is 1. The van der Waals surface area contributed by atoms with E-state index in [4.69, 9.17) is 27.9 Å². The topological polar surface area (TPSA) is 58.6 Å². The number of carbonyl (C=O) groups is 2. The van der Waals surface area contributed by atoms with Gasteiger partial charge in [-0.25, -0.2) is 4.79 Å². The Morgan fingerprint density at radius 3 is 2.37 bits per heavy atom. The Kier molecular flexibility index (Phi) is 5.92. The van der Waals surface area contributed by atoms with E-state index in [2.05, 4.69) is 5.32 Å². The Balaban J connectivity index is 1.89. The van der Waals surface area contributed by atoms with Crippen molar-refractivity contribution in [2.45, 2.75) is 25.5 Å². The van der Waals surface area contributed by atoms with Crippen LogP contribution < -0.4 is 5.32 Å². The molecule has 7 heteroatoms. The summed E-state index contributed by atoms with van der Waals surface area (Å²) in [5.74, 6) is -0.127. The summed E-state index contributed by atoms with van der Waals surface area (Å²) in [5.41, 5.74) is 2.46. The first kappa shape index (κ1) is 19.5. The zero-order chi connectivity index (χ0) is 19.6. The number of fused-ring (bicyclic) bond motifs is 1. The van der Waals surface area contributed by atoms with Crippen molar-refractivity contribution in [2.24, 2.45) is 0 Å². The second-order valence-corrected chi connectivity index (χ2v) is 7.19. The molecule has 2 amide bonds. The van der Waals surface area contributed by atoms with Crippen LogP contribution in [0.5, 0.6) is 0 Å². The first-order valence-electron chi connectivity index (χ1n) is 8.62. The summed E-state index contributed by atoms with van der Waals surface area (Å²) in [4.78, 5) is 26.5. The highest BCUT2D eigenvalue weighted by atomic mass is 35.5. The molecule has 2 unspecified atom stereocenters. The summed E-state index contributed by atoms with van der Waals surface area (Å²) < 4.78 is 5.50. The lowest BCUT2D eigenvalue weighted by molar-refractivity contribution is -0.135. The van der Waals surface area contributed by atoms with Crippen molar-refractivity contribution < 1.29 is 14.3 Å². The third-order valence-corrected chi connectivity index (χ3v) is 5.49. The Hall–Kier alpha value is -2.24. The Morgan fingerprint density at radius 1 is 1.11 bits per heavy atom. The van der Waals surface area contributed by atoms with E-state index < -0.39 is 12.2 Å². The highest BCUT2D eigenvalue weighted by molar-refractivity contribution is 6.36. The molecule has 1 aliphatic heterocycles. The molecule has 2 atom stereocenters. The fraction of sp³-hybridized carbons (Fsp3) is 0.300. The molecule has 0 fully saturated rings. The van der Waals surface area contributed by atoms with Gasteiger partial charge in [0.2, 0.25) is 5.91 Å². The Labute approximate surface area is 168 Å². The third-order valence-electron chi connectivity index (χ3n) is 4.79. The fourth-order valence-electron chi connectivity index (χ4n) is 3.35. The zero-order valence-corrected chi connectivity index (χ0v) is 16.6. The highest BCUT2D eigenvalue weighted by Crippen LogP contribution is 2.37. The molecule has 5 nitrogen and oxygen atoms in total.